The lowest BCUT2D eigenvalue weighted by Gasteiger charge is -2.59. The van der Waals surface area contributed by atoms with E-state index in [-0.39, 0.29) is 16.7 Å². The van der Waals surface area contributed by atoms with Crippen LogP contribution in [-0.2, 0) is 15.1 Å². The van der Waals surface area contributed by atoms with E-state index in [1.165, 1.54) is 31.2 Å². The van der Waals surface area contributed by atoms with E-state index in [0.717, 1.165) is 0 Å². The number of alkyl halides is 2. The van der Waals surface area contributed by atoms with Crippen molar-refractivity contribution < 1.29 is 27.8 Å². The zero-order valence-corrected chi connectivity index (χ0v) is 22.0. The number of carbonyl (C=O) groups excluding carboxylic acids is 2. The molecule has 5 rings (SSSR count). The molecule has 3 aromatic carbocycles. The molecule has 0 radical (unpaired) electrons. The van der Waals surface area contributed by atoms with Crippen LogP contribution in [-0.4, -0.2) is 29.8 Å². The Labute approximate surface area is 227 Å². The molecule has 3 aromatic rings. The normalized spacial score (nSPS) is 31.3. The molecule has 2 aliphatic carbocycles. The smallest absolute Gasteiger partial charge is 0.338 e. The van der Waals surface area contributed by atoms with Crippen LogP contribution in [0.3, 0.4) is 0 Å². The van der Waals surface area contributed by atoms with E-state index in [4.69, 9.17) is 9.47 Å². The minimum atomic E-state index is -2.45. The van der Waals surface area contributed by atoms with Crippen molar-refractivity contribution in [3.63, 3.8) is 0 Å². The molecule has 6 heteroatoms. The van der Waals surface area contributed by atoms with Crippen molar-refractivity contribution in [3.8, 4) is 0 Å². The van der Waals surface area contributed by atoms with Crippen LogP contribution in [0.4, 0.5) is 8.78 Å². The lowest BCUT2D eigenvalue weighted by Crippen LogP contribution is -2.71. The van der Waals surface area contributed by atoms with Gasteiger partial charge in [0.1, 0.15) is 0 Å². The Morgan fingerprint density at radius 3 is 1.79 bits per heavy atom. The molecule has 2 aliphatic rings. The molecule has 1 fully saturated rings. The first-order valence-electron chi connectivity index (χ1n) is 12.9. The number of allylic oxidation sites excluding steroid dienone is 4. The van der Waals surface area contributed by atoms with Crippen LogP contribution in [0.1, 0.15) is 45.7 Å². The topological polar surface area (TPSA) is 52.6 Å². The average molecular weight is 529 g/mol. The molecule has 6 unspecified atom stereocenters. The van der Waals surface area contributed by atoms with Crippen molar-refractivity contribution in [2.24, 2.45) is 11.3 Å². The largest absolute Gasteiger partial charge is 0.451 e. The van der Waals surface area contributed by atoms with Gasteiger partial charge in [-0.1, -0.05) is 91.9 Å². The summed E-state index contributed by atoms with van der Waals surface area (Å²) >= 11 is 0. The van der Waals surface area contributed by atoms with Gasteiger partial charge in [0, 0.05) is 11.3 Å². The highest BCUT2D eigenvalue weighted by molar-refractivity contribution is 5.90. The van der Waals surface area contributed by atoms with Gasteiger partial charge in [0.05, 0.1) is 11.1 Å². The molecule has 1 saturated carbocycles. The van der Waals surface area contributed by atoms with Gasteiger partial charge in [-0.05, 0) is 49.2 Å². The Morgan fingerprint density at radius 2 is 1.23 bits per heavy atom. The average Bonchev–Trinajstić information content (AvgIpc) is 2.95. The van der Waals surface area contributed by atoms with Crippen LogP contribution in [0.25, 0.3) is 0 Å². The van der Waals surface area contributed by atoms with E-state index in [9.17, 15) is 9.59 Å². The molecule has 0 N–H and O–H groups in total. The molecule has 6 atom stereocenters. The number of rotatable bonds is 5. The van der Waals surface area contributed by atoms with Crippen LogP contribution in [0.5, 0.6) is 0 Å². The monoisotopic (exact) mass is 528 g/mol. The van der Waals surface area contributed by atoms with Crippen molar-refractivity contribution in [1.29, 1.82) is 0 Å². The molecule has 0 aliphatic heterocycles. The molecule has 4 nitrogen and oxygen atoms in total. The minimum absolute atomic E-state index is 0.172. The van der Waals surface area contributed by atoms with Gasteiger partial charge in [-0.3, -0.25) is 0 Å². The lowest BCUT2D eigenvalue weighted by atomic mass is 9.50. The maximum atomic E-state index is 18.2. The number of hydrogen-bond donors (Lipinski definition) is 0. The number of fused-ring (bicyclic) bond motifs is 1. The number of benzene rings is 3. The third-order valence-corrected chi connectivity index (χ3v) is 8.28. The van der Waals surface area contributed by atoms with Gasteiger partial charge in [-0.2, -0.15) is 0 Å². The lowest BCUT2D eigenvalue weighted by molar-refractivity contribution is -0.234. The first kappa shape index (κ1) is 26.5. The summed E-state index contributed by atoms with van der Waals surface area (Å²) in [7, 11) is 0. The summed E-state index contributed by atoms with van der Waals surface area (Å²) in [6.07, 6.45) is 2.98. The van der Waals surface area contributed by atoms with Gasteiger partial charge < -0.3 is 9.47 Å². The third kappa shape index (κ3) is 4.28. The summed E-state index contributed by atoms with van der Waals surface area (Å²) in [5, 5.41) is 0. The quantitative estimate of drug-likeness (QED) is 0.332. The van der Waals surface area contributed by atoms with E-state index < -0.39 is 46.8 Å². The molecule has 200 valence electrons. The van der Waals surface area contributed by atoms with Crippen molar-refractivity contribution in [2.75, 3.05) is 0 Å². The SMILES string of the molecule is Cc1ccccc1C1(F)C(OC(=O)c2ccccc2)C(OC(=O)c2ccccc2)C(C)(F)C2(C)C=CC=CC12. The molecule has 0 bridgehead atoms. The summed E-state index contributed by atoms with van der Waals surface area (Å²) < 4.78 is 47.2. The molecule has 0 aromatic heterocycles. The fourth-order valence-electron chi connectivity index (χ4n) is 5.92. The van der Waals surface area contributed by atoms with E-state index in [1.54, 1.807) is 98.8 Å². The number of carbonyl (C=O) groups is 2. The van der Waals surface area contributed by atoms with Crippen molar-refractivity contribution in [2.45, 2.75) is 44.3 Å². The highest BCUT2D eigenvalue weighted by Gasteiger charge is 2.73. The minimum Gasteiger partial charge on any atom is -0.451 e. The van der Waals surface area contributed by atoms with Crippen LogP contribution in [0.15, 0.2) is 109 Å². The zero-order chi connectivity index (χ0) is 27.8. The first-order valence-corrected chi connectivity index (χ1v) is 12.9. The molecule has 39 heavy (non-hydrogen) atoms. The Kier molecular flexibility index (Phi) is 6.75. The molecule has 0 heterocycles. The Balaban J connectivity index is 1.71. The highest BCUT2D eigenvalue weighted by Crippen LogP contribution is 2.63. The van der Waals surface area contributed by atoms with Crippen molar-refractivity contribution in [3.05, 3.63) is 131 Å². The molecule has 0 saturated heterocycles. The second-order valence-electron chi connectivity index (χ2n) is 10.5. The zero-order valence-electron chi connectivity index (χ0n) is 22.0. The second kappa shape index (κ2) is 9.92. The Morgan fingerprint density at radius 1 is 0.718 bits per heavy atom. The maximum Gasteiger partial charge on any atom is 0.338 e. The van der Waals surface area contributed by atoms with E-state index in [1.807, 2.05) is 0 Å². The number of aryl methyl sites for hydroxylation is 1. The molecule has 0 amide bonds. The number of halogens is 2. The summed E-state index contributed by atoms with van der Waals surface area (Å²) in [5.41, 5.74) is -5.04. The number of hydrogen-bond acceptors (Lipinski definition) is 4. The van der Waals surface area contributed by atoms with Crippen LogP contribution >= 0.6 is 0 Å². The summed E-state index contributed by atoms with van der Waals surface area (Å²) in [6, 6.07) is 23.0. The van der Waals surface area contributed by atoms with Crippen LogP contribution in [0, 0.1) is 18.3 Å². The predicted octanol–water partition coefficient (Wildman–Crippen LogP) is 7.10. The van der Waals surface area contributed by atoms with Crippen LogP contribution in [0.2, 0.25) is 0 Å². The van der Waals surface area contributed by atoms with Gasteiger partial charge in [-0.15, -0.1) is 0 Å². The second-order valence-corrected chi connectivity index (χ2v) is 10.5. The Bertz CT molecular complexity index is 1430. The third-order valence-electron chi connectivity index (χ3n) is 8.28. The number of ether oxygens (including phenoxy) is 2. The summed E-state index contributed by atoms with van der Waals surface area (Å²) in [5.74, 6) is -2.76. The van der Waals surface area contributed by atoms with E-state index in [2.05, 4.69) is 0 Å². The van der Waals surface area contributed by atoms with Gasteiger partial charge in [0.2, 0.25) is 0 Å². The van der Waals surface area contributed by atoms with Gasteiger partial charge >= 0.3 is 11.9 Å². The fraction of sp³-hybridized carbons (Fsp3) is 0.273. The van der Waals surface area contributed by atoms with Gasteiger partial charge in [0.25, 0.3) is 0 Å². The van der Waals surface area contributed by atoms with Crippen molar-refractivity contribution >= 4 is 11.9 Å². The standard InChI is InChI=1S/C33H30F2O4/c1-22-14-10-11-19-25(22)33(35)26-20-12-13-21-31(26,2)32(3,34)27(38-29(36)23-15-6-4-7-16-23)28(33)39-30(37)24-17-8-5-9-18-24/h4-21,26-28H,1-3H3. The van der Waals surface area contributed by atoms with E-state index >= 15 is 8.78 Å². The molecular weight excluding hydrogens is 498 g/mol. The predicted molar refractivity (Wildman–Crippen MR) is 145 cm³/mol. The van der Waals surface area contributed by atoms with Crippen LogP contribution < -0.4 is 0 Å². The highest BCUT2D eigenvalue weighted by atomic mass is 19.2. The Hall–Kier alpha value is -4.06. The molecular formula is C33H30F2O4. The van der Waals surface area contributed by atoms with Gasteiger partial charge in [-0.25, -0.2) is 18.4 Å². The van der Waals surface area contributed by atoms with E-state index in [0.29, 0.717) is 5.56 Å². The summed E-state index contributed by atoms with van der Waals surface area (Å²) in [4.78, 5) is 26.7. The van der Waals surface area contributed by atoms with Gasteiger partial charge in [0.15, 0.2) is 23.5 Å². The maximum absolute atomic E-state index is 18.2. The fourth-order valence-corrected chi connectivity index (χ4v) is 5.92. The van der Waals surface area contributed by atoms with Crippen molar-refractivity contribution in [1.82, 2.24) is 0 Å². The molecule has 0 spiro atoms. The number of esters is 2. The first-order chi connectivity index (χ1) is 18.6. The summed E-state index contributed by atoms with van der Waals surface area (Å²) in [6.45, 7) is 4.65.